The molecule has 2 N–H and O–H groups in total. The van der Waals surface area contributed by atoms with Crippen molar-refractivity contribution >= 4 is 5.91 Å². The van der Waals surface area contributed by atoms with Gasteiger partial charge in [-0.25, -0.2) is 24.3 Å². The van der Waals surface area contributed by atoms with Gasteiger partial charge in [-0.3, -0.25) is 4.79 Å². The average Bonchev–Trinajstić information content (AvgIpc) is 3.22. The van der Waals surface area contributed by atoms with Gasteiger partial charge in [-0.15, -0.1) is 0 Å². The van der Waals surface area contributed by atoms with Crippen molar-refractivity contribution in [2.24, 2.45) is 17.6 Å². The molecule has 6 rings (SSSR count). The summed E-state index contributed by atoms with van der Waals surface area (Å²) < 4.78 is 25.5. The number of nitrogens with two attached hydrogens (primary N) is 1. The molecule has 0 spiro atoms. The number of hydrogen-bond acceptors (Lipinski definition) is 8. The molecule has 9 nitrogen and oxygen atoms in total. The van der Waals surface area contributed by atoms with Crippen molar-refractivity contribution in [1.29, 1.82) is 0 Å². The Morgan fingerprint density at radius 2 is 1.79 bits per heavy atom. The van der Waals surface area contributed by atoms with E-state index in [0.29, 0.717) is 36.2 Å². The predicted molar refractivity (Wildman–Crippen MR) is 136 cm³/mol. The van der Waals surface area contributed by atoms with Crippen molar-refractivity contribution in [3.63, 3.8) is 0 Å². The number of likely N-dealkylation sites (tertiary alicyclic amines) is 1. The lowest BCUT2D eigenvalue weighted by molar-refractivity contribution is 0.0719. The van der Waals surface area contributed by atoms with E-state index in [-0.39, 0.29) is 41.3 Å². The normalized spacial score (nSPS) is 20.3. The second-order valence-corrected chi connectivity index (χ2v) is 10.4. The third kappa shape index (κ3) is 4.51. The quantitative estimate of drug-likeness (QED) is 0.410. The Hall–Kier alpha value is -4.18. The lowest BCUT2D eigenvalue weighted by atomic mass is 9.95. The van der Waals surface area contributed by atoms with Crippen LogP contribution in [0.5, 0.6) is 5.88 Å². The van der Waals surface area contributed by atoms with E-state index in [1.807, 2.05) is 26.0 Å². The Labute approximate surface area is 218 Å². The van der Waals surface area contributed by atoms with Crippen molar-refractivity contribution in [2.75, 3.05) is 13.1 Å². The minimum Gasteiger partial charge on any atom is -0.474 e. The number of pyridine rings is 1. The van der Waals surface area contributed by atoms with Gasteiger partial charge in [0.25, 0.3) is 11.8 Å². The predicted octanol–water partition coefficient (Wildman–Crippen LogP) is 3.98. The van der Waals surface area contributed by atoms with Crippen molar-refractivity contribution in [3.05, 3.63) is 77.7 Å². The van der Waals surface area contributed by atoms with Crippen LogP contribution in [0.4, 0.5) is 4.39 Å². The number of ether oxygens (including phenoxy) is 1. The van der Waals surface area contributed by atoms with Gasteiger partial charge in [-0.2, -0.15) is 0 Å². The molecule has 10 heteroatoms. The zero-order chi connectivity index (χ0) is 26.6. The molecule has 2 atom stereocenters. The fourth-order valence-corrected chi connectivity index (χ4v) is 4.90. The largest absolute Gasteiger partial charge is 0.474 e. The molecular weight excluding hydrogens is 487 g/mol. The van der Waals surface area contributed by atoms with Crippen LogP contribution in [0.3, 0.4) is 0 Å². The monoisotopic (exact) mass is 514 g/mol. The summed E-state index contributed by atoms with van der Waals surface area (Å²) in [5.41, 5.74) is 8.58. The minimum absolute atomic E-state index is 0.0483. The summed E-state index contributed by atoms with van der Waals surface area (Å²) in [7, 11) is 0. The summed E-state index contributed by atoms with van der Waals surface area (Å²) >= 11 is 0. The molecule has 1 aliphatic carbocycles. The van der Waals surface area contributed by atoms with E-state index in [9.17, 15) is 9.18 Å². The van der Waals surface area contributed by atoms with E-state index in [1.165, 1.54) is 12.1 Å². The zero-order valence-electron chi connectivity index (χ0n) is 21.3. The highest BCUT2D eigenvalue weighted by atomic mass is 19.1. The van der Waals surface area contributed by atoms with E-state index < -0.39 is 5.54 Å². The highest BCUT2D eigenvalue weighted by molar-refractivity contribution is 5.93. The lowest BCUT2D eigenvalue weighted by Gasteiger charge is -2.22. The number of aryl methyl sites for hydroxylation is 1. The number of nitrogens with zero attached hydrogens (tertiary/aromatic N) is 5. The van der Waals surface area contributed by atoms with Crippen LogP contribution in [0.2, 0.25) is 0 Å². The standard InChI is InChI=1S/C28H27FN6O3/c1-15-23(38-26(33-15)25-31-9-4-10-32-25)27(36)35-13-19-20(14-35)24(19)37-22-12-17(28(2,3)30)11-21(34-22)16-5-7-18(29)8-6-16/h4-12,19-20,24H,13-14,30H2,1-3H3. The summed E-state index contributed by atoms with van der Waals surface area (Å²) in [4.78, 5) is 32.3. The summed E-state index contributed by atoms with van der Waals surface area (Å²) in [6.45, 7) is 6.67. The van der Waals surface area contributed by atoms with Gasteiger partial charge in [-0.05, 0) is 62.7 Å². The number of carbonyl (C=O) groups excluding carboxylic acids is 1. The fourth-order valence-electron chi connectivity index (χ4n) is 4.90. The number of halogens is 1. The number of fused-ring (bicyclic) bond motifs is 1. The number of carbonyl (C=O) groups is 1. The number of oxazole rings is 1. The molecule has 194 valence electrons. The fraction of sp³-hybridized carbons (Fsp3) is 0.321. The Bertz CT molecular complexity index is 1490. The van der Waals surface area contributed by atoms with Crippen LogP contribution in [-0.2, 0) is 5.54 Å². The third-order valence-electron chi connectivity index (χ3n) is 7.09. The van der Waals surface area contributed by atoms with E-state index in [1.54, 1.807) is 42.4 Å². The first-order chi connectivity index (χ1) is 18.2. The summed E-state index contributed by atoms with van der Waals surface area (Å²) in [6, 6.07) is 11.6. The highest BCUT2D eigenvalue weighted by Crippen LogP contribution is 2.48. The van der Waals surface area contributed by atoms with Crippen molar-refractivity contribution < 1.29 is 18.3 Å². The minimum atomic E-state index is -0.614. The van der Waals surface area contributed by atoms with Gasteiger partial charge in [0.2, 0.25) is 17.5 Å². The number of rotatable bonds is 6. The Kier molecular flexibility index (Phi) is 5.71. The smallest absolute Gasteiger partial charge is 0.291 e. The zero-order valence-corrected chi connectivity index (χ0v) is 21.3. The maximum Gasteiger partial charge on any atom is 0.291 e. The van der Waals surface area contributed by atoms with Gasteiger partial charge < -0.3 is 19.8 Å². The molecule has 2 fully saturated rings. The van der Waals surface area contributed by atoms with Crippen molar-refractivity contribution in [3.8, 4) is 28.9 Å². The van der Waals surface area contributed by atoms with Gasteiger partial charge in [0.1, 0.15) is 11.9 Å². The average molecular weight is 515 g/mol. The van der Waals surface area contributed by atoms with Crippen LogP contribution in [-0.4, -0.2) is 49.9 Å². The molecule has 4 aromatic rings. The third-order valence-corrected chi connectivity index (χ3v) is 7.09. The molecule has 3 aromatic heterocycles. The first kappa shape index (κ1) is 24.2. The van der Waals surface area contributed by atoms with E-state index in [2.05, 4.69) is 19.9 Å². The Balaban J connectivity index is 1.16. The molecule has 38 heavy (non-hydrogen) atoms. The van der Waals surface area contributed by atoms with Gasteiger partial charge in [-0.1, -0.05) is 0 Å². The van der Waals surface area contributed by atoms with Gasteiger partial charge >= 0.3 is 0 Å². The number of amides is 1. The van der Waals surface area contributed by atoms with E-state index >= 15 is 0 Å². The van der Waals surface area contributed by atoms with E-state index in [4.69, 9.17) is 14.9 Å². The second-order valence-electron chi connectivity index (χ2n) is 10.4. The van der Waals surface area contributed by atoms with Crippen LogP contribution >= 0.6 is 0 Å². The molecule has 1 aromatic carbocycles. The maximum absolute atomic E-state index is 13.5. The van der Waals surface area contributed by atoms with Crippen LogP contribution < -0.4 is 10.5 Å². The maximum atomic E-state index is 13.5. The molecule has 2 unspecified atom stereocenters. The van der Waals surface area contributed by atoms with Crippen LogP contribution in [0.15, 0.2) is 59.3 Å². The highest BCUT2D eigenvalue weighted by Gasteiger charge is 2.59. The van der Waals surface area contributed by atoms with Crippen molar-refractivity contribution in [1.82, 2.24) is 24.8 Å². The van der Waals surface area contributed by atoms with Gasteiger partial charge in [0.15, 0.2) is 0 Å². The molecule has 0 radical (unpaired) electrons. The summed E-state index contributed by atoms with van der Waals surface area (Å²) in [5.74, 6) is 1.12. The number of piperidine rings is 1. The number of aromatic nitrogens is 4. The first-order valence-electron chi connectivity index (χ1n) is 12.5. The van der Waals surface area contributed by atoms with Gasteiger partial charge in [0.05, 0.1) is 11.4 Å². The Morgan fingerprint density at radius 1 is 1.11 bits per heavy atom. The summed E-state index contributed by atoms with van der Waals surface area (Å²) in [5, 5.41) is 0. The van der Waals surface area contributed by atoms with Gasteiger partial charge in [0, 0.05) is 54.5 Å². The Morgan fingerprint density at radius 3 is 2.45 bits per heavy atom. The lowest BCUT2D eigenvalue weighted by Crippen LogP contribution is -2.33. The molecule has 1 saturated heterocycles. The molecule has 1 aliphatic heterocycles. The van der Waals surface area contributed by atoms with Crippen LogP contribution in [0, 0.1) is 24.6 Å². The van der Waals surface area contributed by atoms with E-state index in [0.717, 1.165) is 11.1 Å². The van der Waals surface area contributed by atoms with Crippen molar-refractivity contribution in [2.45, 2.75) is 32.4 Å². The van der Waals surface area contributed by atoms with Crippen LogP contribution in [0.1, 0.15) is 35.7 Å². The summed E-state index contributed by atoms with van der Waals surface area (Å²) in [6.07, 6.45) is 3.14. The second kappa shape index (κ2) is 8.98. The molecule has 1 saturated carbocycles. The first-order valence-corrected chi connectivity index (χ1v) is 12.5. The molecule has 1 amide bonds. The molecule has 2 aliphatic rings. The molecule has 4 heterocycles. The SMILES string of the molecule is Cc1nc(-c2ncccn2)oc1C(=O)N1CC2C(C1)C2Oc1cc(C(C)(C)N)cc(-c2ccc(F)cc2)n1. The number of hydrogen-bond donors (Lipinski definition) is 1. The number of benzene rings is 1. The molecule has 0 bridgehead atoms. The topological polar surface area (TPSA) is 120 Å². The van der Waals surface area contributed by atoms with Crippen LogP contribution in [0.25, 0.3) is 23.0 Å². The molecular formula is C28H27FN6O3.